The Bertz CT molecular complexity index is 586. The summed E-state index contributed by atoms with van der Waals surface area (Å²) in [7, 11) is 0. The van der Waals surface area contributed by atoms with E-state index in [4.69, 9.17) is 0 Å². The Morgan fingerprint density at radius 3 is 2.60 bits per heavy atom. The molecular weight excluding hydrogens is 188 g/mol. The maximum absolute atomic E-state index is 4.08. The smallest absolute Gasteiger partial charge is 0.0863 e. The van der Waals surface area contributed by atoms with Crippen LogP contribution in [0.1, 0.15) is 0 Å². The first-order valence-electron chi connectivity index (χ1n) is 4.64. The van der Waals surface area contributed by atoms with E-state index in [0.29, 0.717) is 0 Å². The maximum atomic E-state index is 4.08. The number of hydrogen-bond acceptors (Lipinski definition) is 3. The van der Waals surface area contributed by atoms with Crippen LogP contribution in [0.3, 0.4) is 0 Å². The molecule has 3 rings (SSSR count). The molecule has 0 radical (unpaired) electrons. The Morgan fingerprint density at radius 2 is 1.73 bits per heavy atom. The Hall–Kier alpha value is -2.23. The molecule has 3 aromatic rings. The van der Waals surface area contributed by atoms with Crippen molar-refractivity contribution in [3.8, 4) is 5.69 Å². The summed E-state index contributed by atoms with van der Waals surface area (Å²) in [5.41, 5.74) is 0.957. The molecule has 2 heterocycles. The van der Waals surface area contributed by atoms with Crippen LogP contribution < -0.4 is 0 Å². The highest BCUT2D eigenvalue weighted by Gasteiger charge is 1.98. The molecule has 0 bridgehead atoms. The van der Waals surface area contributed by atoms with Crippen LogP contribution in [0, 0.1) is 0 Å². The predicted octanol–water partition coefficient (Wildman–Crippen LogP) is 1.82. The predicted molar refractivity (Wildman–Crippen MR) is 56.7 cm³/mol. The van der Waals surface area contributed by atoms with Gasteiger partial charge in [0, 0.05) is 17.8 Å². The van der Waals surface area contributed by atoms with Gasteiger partial charge in [-0.2, -0.15) is 15.0 Å². The van der Waals surface area contributed by atoms with Gasteiger partial charge in [-0.3, -0.25) is 4.98 Å². The van der Waals surface area contributed by atoms with E-state index in [0.717, 1.165) is 16.5 Å². The van der Waals surface area contributed by atoms with E-state index in [9.17, 15) is 0 Å². The Labute approximate surface area is 86.2 Å². The van der Waals surface area contributed by atoms with Crippen molar-refractivity contribution in [2.45, 2.75) is 0 Å². The molecule has 2 aromatic heterocycles. The summed E-state index contributed by atoms with van der Waals surface area (Å²) in [6, 6.07) is 8.00. The highest BCUT2D eigenvalue weighted by molar-refractivity contribution is 5.83. The molecule has 0 aliphatic rings. The van der Waals surface area contributed by atoms with Crippen molar-refractivity contribution in [1.82, 2.24) is 20.0 Å². The highest BCUT2D eigenvalue weighted by atomic mass is 15.5. The zero-order chi connectivity index (χ0) is 10.1. The second-order valence-electron chi connectivity index (χ2n) is 3.23. The quantitative estimate of drug-likeness (QED) is 0.596. The summed E-state index contributed by atoms with van der Waals surface area (Å²) in [6.07, 6.45) is 6.95. The molecule has 72 valence electrons. The lowest BCUT2D eigenvalue weighted by molar-refractivity contribution is 0.753. The summed E-state index contributed by atoms with van der Waals surface area (Å²) < 4.78 is 0. The first kappa shape index (κ1) is 8.11. The van der Waals surface area contributed by atoms with Gasteiger partial charge in [-0.1, -0.05) is 6.07 Å². The second kappa shape index (κ2) is 3.16. The van der Waals surface area contributed by atoms with Crippen LogP contribution in [-0.2, 0) is 0 Å². The SMILES string of the molecule is c1cc2cc(-n3nccn3)ccc2cn1. The molecule has 1 aromatic carbocycles. The minimum Gasteiger partial charge on any atom is -0.264 e. The number of hydrogen-bond donors (Lipinski definition) is 0. The molecule has 4 heteroatoms. The van der Waals surface area contributed by atoms with Gasteiger partial charge in [-0.05, 0) is 23.6 Å². The highest BCUT2D eigenvalue weighted by Crippen LogP contribution is 2.15. The summed E-state index contributed by atoms with van der Waals surface area (Å²) in [4.78, 5) is 5.66. The fourth-order valence-electron chi connectivity index (χ4n) is 1.54. The summed E-state index contributed by atoms with van der Waals surface area (Å²) >= 11 is 0. The van der Waals surface area contributed by atoms with E-state index in [1.54, 1.807) is 23.4 Å². The van der Waals surface area contributed by atoms with Crippen molar-refractivity contribution < 1.29 is 0 Å². The van der Waals surface area contributed by atoms with Crippen molar-refractivity contribution in [3.05, 3.63) is 49.1 Å². The van der Waals surface area contributed by atoms with Gasteiger partial charge in [-0.15, -0.1) is 0 Å². The Morgan fingerprint density at radius 1 is 0.867 bits per heavy atom. The van der Waals surface area contributed by atoms with E-state index < -0.39 is 0 Å². The molecule has 4 nitrogen and oxygen atoms in total. The first-order chi connectivity index (χ1) is 7.43. The third-order valence-electron chi connectivity index (χ3n) is 2.27. The summed E-state index contributed by atoms with van der Waals surface area (Å²) in [5.74, 6) is 0. The molecule has 0 amide bonds. The number of rotatable bonds is 1. The molecule has 0 spiro atoms. The standard InChI is InChI=1S/C11H8N4/c1-2-11(15-13-5-6-14-15)7-9-3-4-12-8-10(1)9/h1-8H. The molecule has 0 unspecified atom stereocenters. The number of benzene rings is 1. The summed E-state index contributed by atoms with van der Waals surface area (Å²) in [5, 5.41) is 10.4. The molecule has 0 atom stereocenters. The van der Waals surface area contributed by atoms with Crippen molar-refractivity contribution in [3.63, 3.8) is 0 Å². The minimum absolute atomic E-state index is 0.957. The lowest BCUT2D eigenvalue weighted by atomic mass is 10.1. The zero-order valence-corrected chi connectivity index (χ0v) is 7.91. The van der Waals surface area contributed by atoms with Crippen LogP contribution in [0.25, 0.3) is 16.5 Å². The van der Waals surface area contributed by atoms with Crippen LogP contribution >= 0.6 is 0 Å². The normalized spacial score (nSPS) is 10.7. The van der Waals surface area contributed by atoms with Crippen molar-refractivity contribution >= 4 is 10.8 Å². The average Bonchev–Trinajstić information content (AvgIpc) is 2.82. The third kappa shape index (κ3) is 1.36. The van der Waals surface area contributed by atoms with E-state index in [1.165, 1.54) is 0 Å². The molecule has 0 N–H and O–H groups in total. The molecule has 0 saturated heterocycles. The van der Waals surface area contributed by atoms with Gasteiger partial charge < -0.3 is 0 Å². The van der Waals surface area contributed by atoms with Gasteiger partial charge in [0.2, 0.25) is 0 Å². The number of nitrogens with zero attached hydrogens (tertiary/aromatic N) is 4. The van der Waals surface area contributed by atoms with Crippen molar-refractivity contribution in [2.75, 3.05) is 0 Å². The third-order valence-corrected chi connectivity index (χ3v) is 2.27. The number of fused-ring (bicyclic) bond motifs is 1. The van der Waals surface area contributed by atoms with Gasteiger partial charge in [0.25, 0.3) is 0 Å². The van der Waals surface area contributed by atoms with Crippen LogP contribution in [0.4, 0.5) is 0 Å². The Balaban J connectivity index is 2.22. The van der Waals surface area contributed by atoms with Crippen LogP contribution in [-0.4, -0.2) is 20.0 Å². The zero-order valence-electron chi connectivity index (χ0n) is 7.91. The van der Waals surface area contributed by atoms with Gasteiger partial charge in [-0.25, -0.2) is 0 Å². The van der Waals surface area contributed by atoms with Gasteiger partial charge in [0.05, 0.1) is 18.1 Å². The van der Waals surface area contributed by atoms with Gasteiger partial charge >= 0.3 is 0 Å². The first-order valence-corrected chi connectivity index (χ1v) is 4.64. The molecule has 0 saturated carbocycles. The van der Waals surface area contributed by atoms with Gasteiger partial charge in [0.15, 0.2) is 0 Å². The second-order valence-corrected chi connectivity index (χ2v) is 3.23. The lowest BCUT2D eigenvalue weighted by Gasteiger charge is -2.01. The average molecular weight is 196 g/mol. The van der Waals surface area contributed by atoms with Gasteiger partial charge in [0.1, 0.15) is 0 Å². The fraction of sp³-hybridized carbons (Fsp3) is 0. The number of aromatic nitrogens is 4. The van der Waals surface area contributed by atoms with Crippen LogP contribution in [0.5, 0.6) is 0 Å². The molecular formula is C11H8N4. The van der Waals surface area contributed by atoms with Crippen LogP contribution in [0.2, 0.25) is 0 Å². The van der Waals surface area contributed by atoms with E-state index >= 15 is 0 Å². The molecule has 0 fully saturated rings. The Kier molecular flexibility index (Phi) is 1.71. The molecule has 15 heavy (non-hydrogen) atoms. The van der Waals surface area contributed by atoms with Crippen LogP contribution in [0.15, 0.2) is 49.1 Å². The van der Waals surface area contributed by atoms with Crippen molar-refractivity contribution in [1.29, 1.82) is 0 Å². The molecule has 0 aliphatic carbocycles. The lowest BCUT2D eigenvalue weighted by Crippen LogP contribution is -1.97. The largest absolute Gasteiger partial charge is 0.264 e. The van der Waals surface area contributed by atoms with E-state index in [-0.39, 0.29) is 0 Å². The minimum atomic E-state index is 0.957. The number of pyridine rings is 1. The topological polar surface area (TPSA) is 43.6 Å². The molecule has 0 aliphatic heterocycles. The van der Waals surface area contributed by atoms with E-state index in [2.05, 4.69) is 15.2 Å². The van der Waals surface area contributed by atoms with Crippen molar-refractivity contribution in [2.24, 2.45) is 0 Å². The maximum Gasteiger partial charge on any atom is 0.0863 e. The fourth-order valence-corrected chi connectivity index (χ4v) is 1.54. The summed E-state index contributed by atoms with van der Waals surface area (Å²) in [6.45, 7) is 0. The monoisotopic (exact) mass is 196 g/mol. The van der Waals surface area contributed by atoms with E-state index in [1.807, 2.05) is 30.5 Å².